The molecule has 2 aliphatic rings. The van der Waals surface area contributed by atoms with Crippen LogP contribution in [-0.2, 0) is 6.54 Å². The van der Waals surface area contributed by atoms with Crippen LogP contribution in [0, 0.1) is 17.3 Å². The van der Waals surface area contributed by atoms with Crippen molar-refractivity contribution < 1.29 is 21.2 Å². The summed E-state index contributed by atoms with van der Waals surface area (Å²) in [5.74, 6) is 2.58. The summed E-state index contributed by atoms with van der Waals surface area (Å²) in [5.41, 5.74) is 2.90. The molecule has 1 unspecified atom stereocenters. The molecule has 0 spiro atoms. The fourth-order valence-electron chi connectivity index (χ4n) is 5.33. The van der Waals surface area contributed by atoms with Gasteiger partial charge in [0, 0.05) is 37.9 Å². The molecule has 8 heteroatoms. The van der Waals surface area contributed by atoms with Gasteiger partial charge in [0.15, 0.2) is 0 Å². The van der Waals surface area contributed by atoms with Crippen LogP contribution in [0.5, 0.6) is 11.6 Å². The Morgan fingerprint density at radius 2 is 1.82 bits per heavy atom. The van der Waals surface area contributed by atoms with Gasteiger partial charge in [0.1, 0.15) is 5.75 Å². The minimum absolute atomic E-state index is 0. The molecule has 1 saturated heterocycles. The average molecular weight is 564 g/mol. The number of benzene rings is 1. The quantitative estimate of drug-likeness (QED) is 0.430. The lowest BCUT2D eigenvalue weighted by Crippen LogP contribution is -2.51. The molecule has 1 fully saturated rings. The van der Waals surface area contributed by atoms with Crippen LogP contribution in [0.1, 0.15) is 53.5 Å². The van der Waals surface area contributed by atoms with Gasteiger partial charge in [0.25, 0.3) is 0 Å². The number of para-hydroxylation sites is 1. The van der Waals surface area contributed by atoms with E-state index in [1.165, 1.54) is 17.6 Å². The van der Waals surface area contributed by atoms with Gasteiger partial charge in [-0.05, 0) is 59.9 Å². The molecule has 2 aromatic rings. The largest absolute Gasteiger partial charge is 0.439 e. The third kappa shape index (κ3) is 10.3. The van der Waals surface area contributed by atoms with E-state index in [0.717, 1.165) is 38.3 Å². The lowest BCUT2D eigenvalue weighted by molar-refractivity contribution is 0.0630. The zero-order chi connectivity index (χ0) is 24.8. The second-order valence-corrected chi connectivity index (χ2v) is 11.6. The maximum atomic E-state index is 6.26. The summed E-state index contributed by atoms with van der Waals surface area (Å²) in [6.45, 7) is 13.6. The van der Waals surface area contributed by atoms with Crippen LogP contribution in [-0.4, -0.2) is 57.4 Å². The van der Waals surface area contributed by atoms with Crippen molar-refractivity contribution in [2.75, 3.05) is 19.6 Å². The second kappa shape index (κ2) is 16.8. The van der Waals surface area contributed by atoms with Gasteiger partial charge in [-0.1, -0.05) is 77.6 Å². The molecule has 1 aliphatic carbocycles. The molecule has 0 amide bonds. The van der Waals surface area contributed by atoms with E-state index in [2.05, 4.69) is 67.2 Å². The SMILES string of the molecule is C.CC(C)[C@H](CN1CC[C@H](C2=CCC(Cl)C=C2)C(C)(C)C1)NCc1ccc(Oc2ccccc2)nc1.O.O.O. The van der Waals surface area contributed by atoms with Crippen LogP contribution in [0.15, 0.2) is 72.5 Å². The molecule has 220 valence electrons. The summed E-state index contributed by atoms with van der Waals surface area (Å²) >= 11 is 6.26. The van der Waals surface area contributed by atoms with E-state index in [9.17, 15) is 0 Å². The maximum absolute atomic E-state index is 6.26. The number of halogens is 1. The molecule has 1 aromatic carbocycles. The molecule has 0 saturated carbocycles. The van der Waals surface area contributed by atoms with Crippen LogP contribution in [0.25, 0.3) is 0 Å². The minimum atomic E-state index is 0. The molecule has 0 bridgehead atoms. The van der Waals surface area contributed by atoms with Gasteiger partial charge >= 0.3 is 0 Å². The van der Waals surface area contributed by atoms with Crippen molar-refractivity contribution in [3.63, 3.8) is 0 Å². The minimum Gasteiger partial charge on any atom is -0.439 e. The maximum Gasteiger partial charge on any atom is 0.219 e. The molecule has 7 nitrogen and oxygen atoms in total. The summed E-state index contributed by atoms with van der Waals surface area (Å²) in [4.78, 5) is 7.15. The first kappa shape index (κ1) is 36.7. The Hall–Kier alpha value is -2.26. The Morgan fingerprint density at radius 1 is 1.10 bits per heavy atom. The molecule has 39 heavy (non-hydrogen) atoms. The van der Waals surface area contributed by atoms with Crippen LogP contribution < -0.4 is 10.1 Å². The van der Waals surface area contributed by atoms with E-state index in [-0.39, 0.29) is 34.6 Å². The van der Waals surface area contributed by atoms with Gasteiger partial charge in [0.05, 0.1) is 5.38 Å². The van der Waals surface area contributed by atoms with Gasteiger partial charge in [-0.15, -0.1) is 11.6 Å². The average Bonchev–Trinajstić information content (AvgIpc) is 2.83. The highest BCUT2D eigenvalue weighted by molar-refractivity contribution is 6.22. The van der Waals surface area contributed by atoms with Crippen LogP contribution in [0.2, 0.25) is 0 Å². The number of pyridine rings is 1. The molecule has 0 radical (unpaired) electrons. The summed E-state index contributed by atoms with van der Waals surface area (Å²) in [6, 6.07) is 14.2. The van der Waals surface area contributed by atoms with Crippen molar-refractivity contribution in [2.45, 2.75) is 65.9 Å². The van der Waals surface area contributed by atoms with Crippen molar-refractivity contribution in [3.05, 3.63) is 78.0 Å². The molecule has 3 atom stereocenters. The lowest BCUT2D eigenvalue weighted by atomic mass is 9.69. The lowest BCUT2D eigenvalue weighted by Gasteiger charge is -2.46. The number of hydrogen-bond donors (Lipinski definition) is 1. The van der Waals surface area contributed by atoms with Crippen molar-refractivity contribution >= 4 is 11.6 Å². The Balaban J connectivity index is 0.00000361. The number of ether oxygens (including phenoxy) is 1. The van der Waals surface area contributed by atoms with Crippen molar-refractivity contribution in [1.82, 2.24) is 15.2 Å². The molecule has 2 heterocycles. The van der Waals surface area contributed by atoms with E-state index in [4.69, 9.17) is 16.3 Å². The van der Waals surface area contributed by atoms with Crippen molar-refractivity contribution in [1.29, 1.82) is 0 Å². The smallest absolute Gasteiger partial charge is 0.219 e. The molecule has 4 rings (SSSR count). The first-order valence-electron chi connectivity index (χ1n) is 13.0. The second-order valence-electron chi connectivity index (χ2n) is 11.0. The van der Waals surface area contributed by atoms with E-state index in [0.29, 0.717) is 23.8 Å². The van der Waals surface area contributed by atoms with E-state index < -0.39 is 0 Å². The zero-order valence-electron chi connectivity index (χ0n) is 23.1. The molecule has 1 aromatic heterocycles. The highest BCUT2D eigenvalue weighted by atomic mass is 35.5. The number of nitrogens with zero attached hydrogens (tertiary/aromatic N) is 2. The van der Waals surface area contributed by atoms with E-state index in [1.807, 2.05) is 42.6 Å². The number of hydrogen-bond acceptors (Lipinski definition) is 4. The topological polar surface area (TPSA) is 132 Å². The number of aromatic nitrogens is 1. The van der Waals surface area contributed by atoms with Gasteiger partial charge in [-0.2, -0.15) is 0 Å². The van der Waals surface area contributed by atoms with E-state index >= 15 is 0 Å². The van der Waals surface area contributed by atoms with Gasteiger partial charge in [-0.25, -0.2) is 4.98 Å². The highest BCUT2D eigenvalue weighted by Gasteiger charge is 2.38. The standard InChI is InChI=1S/C30H40ClN3O.CH4.3H2O/c1-22(2)28(32-18-23-10-15-29(33-19-23)35-26-8-6-5-7-9-26)20-34-17-16-27(30(3,4)21-34)24-11-13-25(31)14-12-24;;;;/h5-13,15,19,22,25,27-28,32H,14,16-18,20-21H2,1-4H3;1H4;3*1H2/t25?,27-,28+;;;;/m1..../s1. The van der Waals surface area contributed by atoms with Crippen LogP contribution in [0.4, 0.5) is 0 Å². The summed E-state index contributed by atoms with van der Waals surface area (Å²) in [6.07, 6.45) is 10.9. The predicted octanol–water partition coefficient (Wildman–Crippen LogP) is 4.99. The van der Waals surface area contributed by atoms with Gasteiger partial charge in [0.2, 0.25) is 5.88 Å². The fourth-order valence-corrected chi connectivity index (χ4v) is 5.50. The highest BCUT2D eigenvalue weighted by Crippen LogP contribution is 2.41. The molecular weight excluding hydrogens is 514 g/mol. The Morgan fingerprint density at radius 3 is 2.38 bits per heavy atom. The van der Waals surface area contributed by atoms with Crippen molar-refractivity contribution in [2.24, 2.45) is 17.3 Å². The monoisotopic (exact) mass is 563 g/mol. The number of alkyl halides is 1. The first-order valence-corrected chi connectivity index (χ1v) is 13.4. The molecule has 7 N–H and O–H groups in total. The number of likely N-dealkylation sites (tertiary alicyclic amines) is 1. The Labute approximate surface area is 240 Å². The molecular formula is C31H50ClN3O4. The Kier molecular flexibility index (Phi) is 15.8. The van der Waals surface area contributed by atoms with Gasteiger partial charge < -0.3 is 31.4 Å². The first-order chi connectivity index (χ1) is 16.8. The zero-order valence-corrected chi connectivity index (χ0v) is 23.8. The van der Waals surface area contributed by atoms with Gasteiger partial charge in [-0.3, -0.25) is 0 Å². The third-order valence-electron chi connectivity index (χ3n) is 7.38. The summed E-state index contributed by atoms with van der Waals surface area (Å²) < 4.78 is 5.82. The predicted molar refractivity (Wildman–Crippen MR) is 164 cm³/mol. The fraction of sp³-hybridized carbons (Fsp3) is 0.516. The number of piperidine rings is 1. The van der Waals surface area contributed by atoms with E-state index in [1.54, 1.807) is 0 Å². The summed E-state index contributed by atoms with van der Waals surface area (Å²) in [5, 5.41) is 3.95. The summed E-state index contributed by atoms with van der Waals surface area (Å²) in [7, 11) is 0. The molecule has 1 aliphatic heterocycles. The number of allylic oxidation sites excluding steroid dienone is 4. The van der Waals surface area contributed by atoms with Crippen molar-refractivity contribution in [3.8, 4) is 11.6 Å². The number of rotatable bonds is 9. The Bertz CT molecular complexity index is 1010. The third-order valence-corrected chi connectivity index (χ3v) is 7.70. The van der Waals surface area contributed by atoms with Crippen LogP contribution >= 0.6 is 11.6 Å². The number of nitrogens with one attached hydrogen (secondary N) is 1. The van der Waals surface area contributed by atoms with Crippen LogP contribution in [0.3, 0.4) is 0 Å². The normalized spacial score (nSPS) is 20.8.